The maximum Gasteiger partial charge on any atom is 0.332 e. The number of urea groups is 1. The van der Waals surface area contributed by atoms with Crippen LogP contribution in [0.5, 0.6) is 5.75 Å². The molecule has 6 nitrogen and oxygen atoms in total. The van der Waals surface area contributed by atoms with Gasteiger partial charge in [0.2, 0.25) is 0 Å². The second-order valence-corrected chi connectivity index (χ2v) is 3.50. The molecule has 0 radical (unpaired) electrons. The molecule has 0 aliphatic rings. The second kappa shape index (κ2) is 8.08. The van der Waals surface area contributed by atoms with Crippen molar-refractivity contribution in [2.45, 2.75) is 6.42 Å². The summed E-state index contributed by atoms with van der Waals surface area (Å²) in [6.07, 6.45) is 2.35. The summed E-state index contributed by atoms with van der Waals surface area (Å²) in [5, 5.41) is 3.65. The molecule has 18 heavy (non-hydrogen) atoms. The van der Waals surface area contributed by atoms with Gasteiger partial charge in [0.1, 0.15) is 5.75 Å². The number of methoxy groups -OCH3 is 1. The standard InChI is InChI=1S/C12H17N3O3/c1-17-7-2-8-18-11-5-3-10(4-6-11)9-14-15-12(13)16/h3-6,9H,2,7-8H2,1H3,(H3,13,15,16). The summed E-state index contributed by atoms with van der Waals surface area (Å²) in [7, 11) is 1.66. The van der Waals surface area contributed by atoms with E-state index >= 15 is 0 Å². The van der Waals surface area contributed by atoms with Crippen LogP contribution < -0.4 is 15.9 Å². The quantitative estimate of drug-likeness (QED) is 0.432. The molecule has 0 aliphatic heterocycles. The third kappa shape index (κ3) is 5.86. The number of benzene rings is 1. The first-order chi connectivity index (χ1) is 8.72. The molecule has 1 aromatic carbocycles. The number of carbonyl (C=O) groups is 1. The minimum Gasteiger partial charge on any atom is -0.494 e. The fourth-order valence-corrected chi connectivity index (χ4v) is 1.21. The highest BCUT2D eigenvalue weighted by molar-refractivity contribution is 5.81. The van der Waals surface area contributed by atoms with Gasteiger partial charge in [-0.3, -0.25) is 0 Å². The molecule has 0 aliphatic carbocycles. The summed E-state index contributed by atoms with van der Waals surface area (Å²) < 4.78 is 10.4. The Labute approximate surface area is 106 Å². The Morgan fingerprint density at radius 3 is 2.72 bits per heavy atom. The van der Waals surface area contributed by atoms with Crippen molar-refractivity contribution in [3.05, 3.63) is 29.8 Å². The number of hydrogen-bond donors (Lipinski definition) is 2. The third-order valence-electron chi connectivity index (χ3n) is 2.03. The van der Waals surface area contributed by atoms with Crippen molar-refractivity contribution in [1.82, 2.24) is 5.43 Å². The molecule has 0 saturated carbocycles. The number of nitrogens with zero attached hydrogens (tertiary/aromatic N) is 1. The Morgan fingerprint density at radius 1 is 1.39 bits per heavy atom. The van der Waals surface area contributed by atoms with Crippen LogP contribution in [0, 0.1) is 0 Å². The number of rotatable bonds is 7. The van der Waals surface area contributed by atoms with E-state index in [0.29, 0.717) is 13.2 Å². The van der Waals surface area contributed by atoms with E-state index in [1.54, 1.807) is 7.11 Å². The molecule has 0 spiro atoms. The number of amides is 2. The van der Waals surface area contributed by atoms with Crippen molar-refractivity contribution in [2.24, 2.45) is 10.8 Å². The van der Waals surface area contributed by atoms with Crippen LogP contribution in [0.25, 0.3) is 0 Å². The molecule has 0 heterocycles. The molecular formula is C12H17N3O3. The Hall–Kier alpha value is -2.08. The third-order valence-corrected chi connectivity index (χ3v) is 2.03. The minimum atomic E-state index is -0.690. The summed E-state index contributed by atoms with van der Waals surface area (Å²) >= 11 is 0. The maximum absolute atomic E-state index is 10.4. The van der Waals surface area contributed by atoms with Crippen LogP contribution in [0.4, 0.5) is 4.79 Å². The molecule has 1 rings (SSSR count). The normalized spacial score (nSPS) is 10.5. The zero-order chi connectivity index (χ0) is 13.2. The lowest BCUT2D eigenvalue weighted by molar-refractivity contribution is 0.172. The average Bonchev–Trinajstić information content (AvgIpc) is 2.36. The van der Waals surface area contributed by atoms with Gasteiger partial charge >= 0.3 is 6.03 Å². The maximum atomic E-state index is 10.4. The molecule has 2 amide bonds. The van der Waals surface area contributed by atoms with Crippen molar-refractivity contribution in [3.8, 4) is 5.75 Å². The lowest BCUT2D eigenvalue weighted by Crippen LogP contribution is -2.24. The predicted molar refractivity (Wildman–Crippen MR) is 68.7 cm³/mol. The molecule has 0 aromatic heterocycles. The van der Waals surface area contributed by atoms with Gasteiger partial charge in [0.15, 0.2) is 0 Å². The molecule has 0 atom stereocenters. The molecule has 98 valence electrons. The molecule has 6 heteroatoms. The van der Waals surface area contributed by atoms with Crippen molar-refractivity contribution >= 4 is 12.2 Å². The molecule has 0 fully saturated rings. The van der Waals surface area contributed by atoms with Crippen LogP contribution in [0.3, 0.4) is 0 Å². The first-order valence-electron chi connectivity index (χ1n) is 5.52. The van der Waals surface area contributed by atoms with E-state index in [1.807, 2.05) is 24.3 Å². The SMILES string of the molecule is COCCCOc1ccc(C=NNC(N)=O)cc1. The van der Waals surface area contributed by atoms with E-state index in [0.717, 1.165) is 17.7 Å². The molecule has 1 aromatic rings. The molecular weight excluding hydrogens is 234 g/mol. The van der Waals surface area contributed by atoms with Gasteiger partial charge in [-0.05, 0) is 29.8 Å². The van der Waals surface area contributed by atoms with Gasteiger partial charge in [-0.1, -0.05) is 0 Å². The fourth-order valence-electron chi connectivity index (χ4n) is 1.21. The molecule has 0 bridgehead atoms. The zero-order valence-electron chi connectivity index (χ0n) is 10.3. The van der Waals surface area contributed by atoms with Crippen molar-refractivity contribution < 1.29 is 14.3 Å². The average molecular weight is 251 g/mol. The number of primary amides is 1. The van der Waals surface area contributed by atoms with E-state index < -0.39 is 6.03 Å². The monoisotopic (exact) mass is 251 g/mol. The van der Waals surface area contributed by atoms with Crippen molar-refractivity contribution in [3.63, 3.8) is 0 Å². The zero-order valence-corrected chi connectivity index (χ0v) is 10.3. The number of nitrogens with one attached hydrogen (secondary N) is 1. The van der Waals surface area contributed by atoms with E-state index in [4.69, 9.17) is 15.2 Å². The summed E-state index contributed by atoms with van der Waals surface area (Å²) in [5.74, 6) is 0.783. The van der Waals surface area contributed by atoms with Crippen LogP contribution in [0.2, 0.25) is 0 Å². The number of nitrogens with two attached hydrogens (primary N) is 1. The lowest BCUT2D eigenvalue weighted by atomic mass is 10.2. The largest absolute Gasteiger partial charge is 0.494 e. The first kappa shape index (κ1) is 14.0. The summed E-state index contributed by atoms with van der Waals surface area (Å²) in [5.41, 5.74) is 7.83. The van der Waals surface area contributed by atoms with Gasteiger partial charge in [0.05, 0.1) is 12.8 Å². The number of hydrogen-bond acceptors (Lipinski definition) is 4. The van der Waals surface area contributed by atoms with Gasteiger partial charge < -0.3 is 15.2 Å². The number of ether oxygens (including phenoxy) is 2. The van der Waals surface area contributed by atoms with Crippen LogP contribution in [-0.2, 0) is 4.74 Å². The predicted octanol–water partition coefficient (Wildman–Crippen LogP) is 1.10. The smallest absolute Gasteiger partial charge is 0.332 e. The van der Waals surface area contributed by atoms with E-state index in [9.17, 15) is 4.79 Å². The topological polar surface area (TPSA) is 85.9 Å². The van der Waals surface area contributed by atoms with Gasteiger partial charge in [-0.25, -0.2) is 10.2 Å². The summed E-state index contributed by atoms with van der Waals surface area (Å²) in [4.78, 5) is 10.4. The molecule has 0 saturated heterocycles. The van der Waals surface area contributed by atoms with Crippen LogP contribution >= 0.6 is 0 Å². The lowest BCUT2D eigenvalue weighted by Gasteiger charge is -2.05. The summed E-state index contributed by atoms with van der Waals surface area (Å²) in [6, 6.07) is 6.64. The minimum absolute atomic E-state index is 0.616. The highest BCUT2D eigenvalue weighted by atomic mass is 16.5. The number of carbonyl (C=O) groups excluding carboxylic acids is 1. The van der Waals surface area contributed by atoms with E-state index in [-0.39, 0.29) is 0 Å². The van der Waals surface area contributed by atoms with Crippen molar-refractivity contribution in [1.29, 1.82) is 0 Å². The van der Waals surface area contributed by atoms with Gasteiger partial charge in [-0.2, -0.15) is 5.10 Å². The van der Waals surface area contributed by atoms with Crippen molar-refractivity contribution in [2.75, 3.05) is 20.3 Å². The molecule has 3 N–H and O–H groups in total. The second-order valence-electron chi connectivity index (χ2n) is 3.50. The highest BCUT2D eigenvalue weighted by Gasteiger charge is 1.94. The van der Waals surface area contributed by atoms with Gasteiger partial charge in [-0.15, -0.1) is 0 Å². The van der Waals surface area contributed by atoms with Crippen LogP contribution in [0.1, 0.15) is 12.0 Å². The Balaban J connectivity index is 2.37. The Morgan fingerprint density at radius 2 is 2.11 bits per heavy atom. The Bertz CT molecular complexity index is 390. The fraction of sp³-hybridized carbons (Fsp3) is 0.333. The van der Waals surface area contributed by atoms with E-state index in [1.165, 1.54) is 6.21 Å². The van der Waals surface area contributed by atoms with Gasteiger partial charge in [0.25, 0.3) is 0 Å². The van der Waals surface area contributed by atoms with Crippen LogP contribution in [-0.4, -0.2) is 32.6 Å². The summed E-state index contributed by atoms with van der Waals surface area (Å²) in [6.45, 7) is 1.30. The van der Waals surface area contributed by atoms with Crippen LogP contribution in [0.15, 0.2) is 29.4 Å². The first-order valence-corrected chi connectivity index (χ1v) is 5.52. The Kier molecular flexibility index (Phi) is 6.27. The number of hydrazone groups is 1. The molecule has 0 unspecified atom stereocenters. The van der Waals surface area contributed by atoms with Gasteiger partial charge in [0, 0.05) is 20.1 Å². The highest BCUT2D eigenvalue weighted by Crippen LogP contribution is 2.11. The van der Waals surface area contributed by atoms with E-state index in [2.05, 4.69) is 10.5 Å².